The third-order valence-corrected chi connectivity index (χ3v) is 4.66. The molecule has 62 valence electrons. The monoisotopic (exact) mass is 226 g/mol. The Morgan fingerprint density at radius 1 is 1.33 bits per heavy atom. The molecule has 0 saturated carbocycles. The molecular formula is C9H10N2Se. The Hall–Kier alpha value is -0.711. The van der Waals surface area contributed by atoms with Crippen molar-refractivity contribution >= 4 is 19.1 Å². The fourth-order valence-corrected chi connectivity index (χ4v) is 4.04. The van der Waals surface area contributed by atoms with E-state index in [1.165, 1.54) is 29.3 Å². The first kappa shape index (κ1) is 7.91. The number of fused-ring (bicyclic) bond motifs is 1. The number of anilines is 1. The minimum atomic E-state index is 0.306. The number of rotatable bonds is 0. The van der Waals surface area contributed by atoms with Crippen LogP contribution >= 0.6 is 0 Å². The van der Waals surface area contributed by atoms with Gasteiger partial charge in [0.1, 0.15) is 0 Å². The zero-order valence-electron chi connectivity index (χ0n) is 6.76. The van der Waals surface area contributed by atoms with E-state index in [2.05, 4.69) is 6.07 Å². The molecule has 1 heterocycles. The zero-order valence-corrected chi connectivity index (χ0v) is 8.47. The van der Waals surface area contributed by atoms with Gasteiger partial charge in [0.25, 0.3) is 0 Å². The summed E-state index contributed by atoms with van der Waals surface area (Å²) in [5.74, 6) is 0. The van der Waals surface area contributed by atoms with Gasteiger partial charge in [-0.15, -0.1) is 0 Å². The third kappa shape index (κ3) is 1.08. The van der Waals surface area contributed by atoms with Crippen molar-refractivity contribution in [1.82, 2.24) is 0 Å². The molecule has 0 radical (unpaired) electrons. The summed E-state index contributed by atoms with van der Waals surface area (Å²) in [4.78, 5) is 0. The van der Waals surface area contributed by atoms with Gasteiger partial charge in [0.2, 0.25) is 0 Å². The molecule has 0 aromatic carbocycles. The van der Waals surface area contributed by atoms with Gasteiger partial charge in [-0.05, 0) is 0 Å². The Balaban J connectivity index is 2.56. The van der Waals surface area contributed by atoms with Crippen molar-refractivity contribution in [2.45, 2.75) is 25.7 Å². The SMILES string of the molecule is N#Cc1c(N)[se]c2c1CCCC2. The van der Waals surface area contributed by atoms with Crippen molar-refractivity contribution in [3.05, 3.63) is 15.6 Å². The van der Waals surface area contributed by atoms with Crippen LogP contribution < -0.4 is 5.73 Å². The minimum absolute atomic E-state index is 0.306. The van der Waals surface area contributed by atoms with Crippen LogP contribution in [0.1, 0.15) is 28.4 Å². The van der Waals surface area contributed by atoms with Crippen molar-refractivity contribution in [1.29, 1.82) is 5.26 Å². The Labute approximate surface area is 77.7 Å². The summed E-state index contributed by atoms with van der Waals surface area (Å²) in [5.41, 5.74) is 7.90. The van der Waals surface area contributed by atoms with Crippen molar-refractivity contribution in [2.75, 3.05) is 5.73 Å². The molecule has 0 aliphatic heterocycles. The second-order valence-electron chi connectivity index (χ2n) is 3.06. The Morgan fingerprint density at radius 3 is 2.83 bits per heavy atom. The molecule has 12 heavy (non-hydrogen) atoms. The fourth-order valence-electron chi connectivity index (χ4n) is 1.71. The molecule has 0 atom stereocenters. The first-order valence-corrected chi connectivity index (χ1v) is 5.84. The molecular weight excluding hydrogens is 215 g/mol. The molecule has 0 spiro atoms. The fraction of sp³-hybridized carbons (Fsp3) is 0.444. The first-order chi connectivity index (χ1) is 5.83. The number of nitrogens with two attached hydrogens (primary N) is 1. The normalized spacial score (nSPS) is 15.2. The topological polar surface area (TPSA) is 49.8 Å². The van der Waals surface area contributed by atoms with Crippen LogP contribution in [0, 0.1) is 11.3 Å². The summed E-state index contributed by atoms with van der Waals surface area (Å²) < 4.78 is 2.35. The van der Waals surface area contributed by atoms with E-state index in [1.807, 2.05) is 0 Å². The molecule has 1 aromatic rings. The number of hydrogen-bond acceptors (Lipinski definition) is 2. The van der Waals surface area contributed by atoms with Crippen LogP contribution in [0.3, 0.4) is 0 Å². The van der Waals surface area contributed by atoms with Crippen molar-refractivity contribution in [2.24, 2.45) is 0 Å². The quantitative estimate of drug-likeness (QED) is 0.671. The predicted octanol–water partition coefficient (Wildman–Crippen LogP) is 1.08. The average Bonchev–Trinajstić information content (AvgIpc) is 2.40. The number of aryl methyl sites for hydroxylation is 1. The molecule has 2 rings (SSSR count). The molecule has 1 aromatic heterocycles. The summed E-state index contributed by atoms with van der Waals surface area (Å²) in [6, 6.07) is 2.23. The predicted molar refractivity (Wildman–Crippen MR) is 49.2 cm³/mol. The summed E-state index contributed by atoms with van der Waals surface area (Å²) in [6.45, 7) is 0. The second-order valence-corrected chi connectivity index (χ2v) is 5.45. The van der Waals surface area contributed by atoms with Crippen molar-refractivity contribution in [3.63, 3.8) is 0 Å². The molecule has 2 N–H and O–H groups in total. The van der Waals surface area contributed by atoms with Crippen LogP contribution in [0.2, 0.25) is 0 Å². The summed E-state index contributed by atoms with van der Waals surface area (Å²) in [5, 5.41) is 8.86. The van der Waals surface area contributed by atoms with E-state index in [0.717, 1.165) is 16.5 Å². The molecule has 0 unspecified atom stereocenters. The van der Waals surface area contributed by atoms with E-state index >= 15 is 0 Å². The van der Waals surface area contributed by atoms with Gasteiger partial charge in [0.15, 0.2) is 0 Å². The Kier molecular flexibility index (Phi) is 1.96. The standard InChI is InChI=1S/C9H10N2Se/c10-5-7-6-3-1-2-4-8(6)12-9(7)11/h1-4,11H2. The van der Waals surface area contributed by atoms with Crippen LogP contribution in [-0.4, -0.2) is 14.5 Å². The van der Waals surface area contributed by atoms with Gasteiger partial charge in [0.05, 0.1) is 0 Å². The van der Waals surface area contributed by atoms with Gasteiger partial charge in [0, 0.05) is 0 Å². The molecule has 2 nitrogen and oxygen atoms in total. The van der Waals surface area contributed by atoms with E-state index in [4.69, 9.17) is 11.0 Å². The number of nitrogens with zero attached hydrogens (tertiary/aromatic N) is 1. The third-order valence-electron chi connectivity index (χ3n) is 2.31. The first-order valence-electron chi connectivity index (χ1n) is 4.13. The number of nitriles is 1. The molecule has 3 heteroatoms. The van der Waals surface area contributed by atoms with E-state index in [-0.39, 0.29) is 0 Å². The van der Waals surface area contributed by atoms with E-state index in [0.29, 0.717) is 14.5 Å². The van der Waals surface area contributed by atoms with E-state index < -0.39 is 0 Å². The molecule has 0 amide bonds. The maximum absolute atomic E-state index is 8.86. The molecule has 0 saturated heterocycles. The van der Waals surface area contributed by atoms with Crippen LogP contribution in [0.25, 0.3) is 0 Å². The Morgan fingerprint density at radius 2 is 2.08 bits per heavy atom. The van der Waals surface area contributed by atoms with Crippen LogP contribution in [0.5, 0.6) is 0 Å². The maximum atomic E-state index is 8.86. The van der Waals surface area contributed by atoms with Gasteiger partial charge in [-0.1, -0.05) is 0 Å². The summed E-state index contributed by atoms with van der Waals surface area (Å²) in [6.07, 6.45) is 4.78. The molecule has 0 fully saturated rings. The zero-order chi connectivity index (χ0) is 8.55. The van der Waals surface area contributed by atoms with Crippen LogP contribution in [0.4, 0.5) is 4.56 Å². The van der Waals surface area contributed by atoms with Gasteiger partial charge in [-0.2, -0.15) is 0 Å². The summed E-state index contributed by atoms with van der Waals surface area (Å²) in [7, 11) is 0. The second kappa shape index (κ2) is 2.97. The Bertz CT molecular complexity index is 346. The van der Waals surface area contributed by atoms with Gasteiger partial charge >= 0.3 is 77.4 Å². The van der Waals surface area contributed by atoms with Crippen molar-refractivity contribution < 1.29 is 0 Å². The molecule has 0 bridgehead atoms. The van der Waals surface area contributed by atoms with Gasteiger partial charge in [-0.3, -0.25) is 0 Å². The number of nitrogen functional groups attached to an aromatic ring is 1. The molecule has 1 aliphatic carbocycles. The van der Waals surface area contributed by atoms with E-state index in [1.54, 1.807) is 0 Å². The van der Waals surface area contributed by atoms with Crippen LogP contribution in [0.15, 0.2) is 0 Å². The average molecular weight is 225 g/mol. The van der Waals surface area contributed by atoms with Gasteiger partial charge < -0.3 is 0 Å². The van der Waals surface area contributed by atoms with Gasteiger partial charge in [-0.25, -0.2) is 0 Å². The van der Waals surface area contributed by atoms with E-state index in [9.17, 15) is 0 Å². The summed E-state index contributed by atoms with van der Waals surface area (Å²) >= 11 is 0.306. The molecule has 1 aliphatic rings. The van der Waals surface area contributed by atoms with Crippen LogP contribution in [-0.2, 0) is 12.8 Å². The van der Waals surface area contributed by atoms with Crippen molar-refractivity contribution in [3.8, 4) is 6.07 Å². The number of hydrogen-bond donors (Lipinski definition) is 1.